The standard InChI is InChI=1S/C14H17NS/c1-2-10-16-11-9-15-14-8-7-12-5-3-4-6-13(12)14/h1,3-6,14-15H,7-11H2. The fourth-order valence-electron chi connectivity index (χ4n) is 2.21. The molecule has 0 spiro atoms. The topological polar surface area (TPSA) is 12.0 Å². The Morgan fingerprint density at radius 2 is 2.31 bits per heavy atom. The van der Waals surface area contributed by atoms with E-state index in [1.807, 2.05) is 11.8 Å². The molecule has 0 saturated carbocycles. The predicted octanol–water partition coefficient (Wildman–Crippen LogP) is 2.63. The average Bonchev–Trinajstić information content (AvgIpc) is 2.73. The fraction of sp³-hybridized carbons (Fsp3) is 0.429. The molecule has 84 valence electrons. The second kappa shape index (κ2) is 5.98. The van der Waals surface area contributed by atoms with E-state index in [9.17, 15) is 0 Å². The highest BCUT2D eigenvalue weighted by Gasteiger charge is 2.20. The molecule has 0 radical (unpaired) electrons. The number of nitrogens with one attached hydrogen (secondary N) is 1. The third-order valence-electron chi connectivity index (χ3n) is 2.96. The smallest absolute Gasteiger partial charge is 0.0545 e. The van der Waals surface area contributed by atoms with Crippen molar-refractivity contribution in [1.29, 1.82) is 0 Å². The Hall–Kier alpha value is -0.910. The number of aryl methyl sites for hydroxylation is 1. The van der Waals surface area contributed by atoms with Crippen LogP contribution in [0.1, 0.15) is 23.6 Å². The van der Waals surface area contributed by atoms with E-state index < -0.39 is 0 Å². The lowest BCUT2D eigenvalue weighted by molar-refractivity contribution is 0.552. The van der Waals surface area contributed by atoms with Gasteiger partial charge in [-0.05, 0) is 24.0 Å². The molecular formula is C14H17NS. The van der Waals surface area contributed by atoms with Gasteiger partial charge in [-0.3, -0.25) is 0 Å². The van der Waals surface area contributed by atoms with E-state index in [2.05, 4.69) is 35.5 Å². The van der Waals surface area contributed by atoms with E-state index in [-0.39, 0.29) is 0 Å². The molecule has 0 bridgehead atoms. The molecule has 1 atom stereocenters. The summed E-state index contributed by atoms with van der Waals surface area (Å²) in [5.41, 5.74) is 3.00. The van der Waals surface area contributed by atoms with Gasteiger partial charge in [0.05, 0.1) is 5.75 Å². The van der Waals surface area contributed by atoms with Gasteiger partial charge in [0.25, 0.3) is 0 Å². The molecule has 0 saturated heterocycles. The summed E-state index contributed by atoms with van der Waals surface area (Å²) in [6.07, 6.45) is 7.65. The molecule has 0 aromatic heterocycles. The van der Waals surface area contributed by atoms with Gasteiger partial charge >= 0.3 is 0 Å². The molecule has 0 aliphatic heterocycles. The lowest BCUT2D eigenvalue weighted by Crippen LogP contribution is -2.21. The van der Waals surface area contributed by atoms with Crippen LogP contribution < -0.4 is 5.32 Å². The SMILES string of the molecule is C#CCSCCNC1CCc2ccccc21. The maximum atomic E-state index is 5.20. The molecular weight excluding hydrogens is 214 g/mol. The highest BCUT2D eigenvalue weighted by molar-refractivity contribution is 7.99. The first-order valence-electron chi connectivity index (χ1n) is 5.74. The Morgan fingerprint density at radius 1 is 1.44 bits per heavy atom. The van der Waals surface area contributed by atoms with Gasteiger partial charge < -0.3 is 5.32 Å². The number of thioether (sulfide) groups is 1. The number of hydrogen-bond donors (Lipinski definition) is 1. The van der Waals surface area contributed by atoms with Gasteiger partial charge in [-0.25, -0.2) is 0 Å². The second-order valence-corrected chi connectivity index (χ2v) is 5.11. The van der Waals surface area contributed by atoms with E-state index in [1.54, 1.807) is 0 Å². The minimum absolute atomic E-state index is 0.558. The first kappa shape index (κ1) is 11.6. The van der Waals surface area contributed by atoms with Gasteiger partial charge in [-0.2, -0.15) is 0 Å². The van der Waals surface area contributed by atoms with Crippen LogP contribution in [-0.4, -0.2) is 18.1 Å². The number of terminal acetylenes is 1. The predicted molar refractivity (Wildman–Crippen MR) is 71.7 cm³/mol. The normalized spacial score (nSPS) is 18.1. The van der Waals surface area contributed by atoms with Crippen LogP contribution >= 0.6 is 11.8 Å². The molecule has 0 fully saturated rings. The summed E-state index contributed by atoms with van der Waals surface area (Å²) in [6.45, 7) is 1.05. The zero-order valence-electron chi connectivity index (χ0n) is 9.41. The number of hydrogen-bond acceptors (Lipinski definition) is 2. The quantitative estimate of drug-likeness (QED) is 0.617. The van der Waals surface area contributed by atoms with Crippen molar-refractivity contribution in [3.63, 3.8) is 0 Å². The van der Waals surface area contributed by atoms with Gasteiger partial charge in [0.1, 0.15) is 0 Å². The Labute approximate surface area is 102 Å². The third kappa shape index (κ3) is 2.81. The summed E-state index contributed by atoms with van der Waals surface area (Å²) >= 11 is 1.82. The van der Waals surface area contributed by atoms with Crippen molar-refractivity contribution < 1.29 is 0 Å². The maximum Gasteiger partial charge on any atom is 0.0545 e. The summed E-state index contributed by atoms with van der Waals surface area (Å²) in [7, 11) is 0. The van der Waals surface area contributed by atoms with Gasteiger partial charge in [0, 0.05) is 18.3 Å². The first-order chi connectivity index (χ1) is 7.92. The lowest BCUT2D eigenvalue weighted by atomic mass is 10.1. The molecule has 1 nitrogen and oxygen atoms in total. The zero-order chi connectivity index (χ0) is 11.2. The van der Waals surface area contributed by atoms with Crippen LogP contribution in [0.25, 0.3) is 0 Å². The monoisotopic (exact) mass is 231 g/mol. The molecule has 0 heterocycles. The average molecular weight is 231 g/mol. The summed E-state index contributed by atoms with van der Waals surface area (Å²) in [6, 6.07) is 9.30. The number of rotatable bonds is 5. The highest BCUT2D eigenvalue weighted by atomic mass is 32.2. The molecule has 2 heteroatoms. The van der Waals surface area contributed by atoms with Crippen molar-refractivity contribution in [2.45, 2.75) is 18.9 Å². The van der Waals surface area contributed by atoms with Gasteiger partial charge in [0.2, 0.25) is 0 Å². The van der Waals surface area contributed by atoms with Crippen molar-refractivity contribution >= 4 is 11.8 Å². The van der Waals surface area contributed by atoms with E-state index >= 15 is 0 Å². The molecule has 2 rings (SSSR count). The van der Waals surface area contributed by atoms with Crippen molar-refractivity contribution in [2.75, 3.05) is 18.1 Å². The third-order valence-corrected chi connectivity index (χ3v) is 3.82. The molecule has 0 amide bonds. The largest absolute Gasteiger partial charge is 0.309 e. The van der Waals surface area contributed by atoms with Crippen LogP contribution in [0, 0.1) is 12.3 Å². The van der Waals surface area contributed by atoms with E-state index in [0.29, 0.717) is 6.04 Å². The molecule has 16 heavy (non-hydrogen) atoms. The number of benzene rings is 1. The van der Waals surface area contributed by atoms with Crippen molar-refractivity contribution in [3.8, 4) is 12.3 Å². The molecule has 1 aromatic carbocycles. The van der Waals surface area contributed by atoms with Crippen molar-refractivity contribution in [2.24, 2.45) is 0 Å². The van der Waals surface area contributed by atoms with Crippen LogP contribution in [-0.2, 0) is 6.42 Å². The second-order valence-electron chi connectivity index (χ2n) is 4.00. The van der Waals surface area contributed by atoms with E-state index in [0.717, 1.165) is 18.1 Å². The van der Waals surface area contributed by atoms with E-state index in [4.69, 9.17) is 6.42 Å². The fourth-order valence-corrected chi connectivity index (χ4v) is 2.73. The Kier molecular flexibility index (Phi) is 4.33. The summed E-state index contributed by atoms with van der Waals surface area (Å²) < 4.78 is 0. The van der Waals surface area contributed by atoms with Gasteiger partial charge in [0.15, 0.2) is 0 Å². The summed E-state index contributed by atoms with van der Waals surface area (Å²) in [5.74, 6) is 4.57. The van der Waals surface area contributed by atoms with Crippen molar-refractivity contribution in [3.05, 3.63) is 35.4 Å². The minimum Gasteiger partial charge on any atom is -0.309 e. The Balaban J connectivity index is 1.78. The Morgan fingerprint density at radius 3 is 3.19 bits per heavy atom. The Bertz CT molecular complexity index is 381. The zero-order valence-corrected chi connectivity index (χ0v) is 10.2. The maximum absolute atomic E-state index is 5.20. The molecule has 1 aromatic rings. The number of fused-ring (bicyclic) bond motifs is 1. The molecule has 1 unspecified atom stereocenters. The minimum atomic E-state index is 0.558. The first-order valence-corrected chi connectivity index (χ1v) is 6.89. The van der Waals surface area contributed by atoms with Gasteiger partial charge in [-0.1, -0.05) is 30.2 Å². The van der Waals surface area contributed by atoms with Gasteiger partial charge in [-0.15, -0.1) is 18.2 Å². The van der Waals surface area contributed by atoms with Crippen LogP contribution in [0.15, 0.2) is 24.3 Å². The van der Waals surface area contributed by atoms with Crippen LogP contribution in [0.3, 0.4) is 0 Å². The lowest BCUT2D eigenvalue weighted by Gasteiger charge is -2.13. The van der Waals surface area contributed by atoms with Crippen LogP contribution in [0.5, 0.6) is 0 Å². The van der Waals surface area contributed by atoms with E-state index in [1.165, 1.54) is 24.0 Å². The summed E-state index contributed by atoms with van der Waals surface area (Å²) in [4.78, 5) is 0. The van der Waals surface area contributed by atoms with Crippen LogP contribution in [0.2, 0.25) is 0 Å². The molecule has 1 aliphatic carbocycles. The van der Waals surface area contributed by atoms with Crippen LogP contribution in [0.4, 0.5) is 0 Å². The molecule has 1 N–H and O–H groups in total. The van der Waals surface area contributed by atoms with Crippen molar-refractivity contribution in [1.82, 2.24) is 5.32 Å². The molecule has 1 aliphatic rings. The summed E-state index contributed by atoms with van der Waals surface area (Å²) in [5, 5.41) is 3.61. The highest BCUT2D eigenvalue weighted by Crippen LogP contribution is 2.30.